The van der Waals surface area contributed by atoms with Crippen molar-refractivity contribution in [1.29, 1.82) is 0 Å². The molecule has 1 aliphatic rings. The van der Waals surface area contributed by atoms with E-state index >= 15 is 0 Å². The van der Waals surface area contributed by atoms with Gasteiger partial charge in [-0.2, -0.15) is 4.31 Å². The lowest BCUT2D eigenvalue weighted by Crippen LogP contribution is -2.35. The number of nitrogens with zero attached hydrogens (tertiary/aromatic N) is 1. The molecule has 1 fully saturated rings. The Morgan fingerprint density at radius 1 is 1.38 bits per heavy atom. The third-order valence-electron chi connectivity index (χ3n) is 4.64. The molecule has 1 aromatic rings. The third kappa shape index (κ3) is 3.99. The molecule has 144 valence electrons. The molecule has 0 saturated carbocycles. The van der Waals surface area contributed by atoms with E-state index in [2.05, 4.69) is 5.32 Å². The molecule has 0 aliphatic carbocycles. The second kappa shape index (κ2) is 7.63. The van der Waals surface area contributed by atoms with Crippen molar-refractivity contribution in [2.75, 3.05) is 20.2 Å². The normalized spacial score (nSPS) is 20.7. The first-order valence-electron chi connectivity index (χ1n) is 8.31. The lowest BCUT2D eigenvalue weighted by Gasteiger charge is -2.20. The van der Waals surface area contributed by atoms with Crippen molar-refractivity contribution in [3.05, 3.63) is 23.8 Å². The van der Waals surface area contributed by atoms with Crippen LogP contribution in [0, 0.1) is 5.41 Å². The predicted molar refractivity (Wildman–Crippen MR) is 94.3 cm³/mol. The van der Waals surface area contributed by atoms with Crippen LogP contribution in [0.3, 0.4) is 0 Å². The number of methoxy groups -OCH3 is 1. The Morgan fingerprint density at radius 2 is 2.08 bits per heavy atom. The number of carboxylic acid groups (broad SMARTS) is 1. The molecule has 1 aromatic carbocycles. The molecule has 2 N–H and O–H groups in total. The van der Waals surface area contributed by atoms with Gasteiger partial charge in [0.15, 0.2) is 0 Å². The second-order valence-electron chi connectivity index (χ2n) is 6.56. The number of carbonyl (C=O) groups is 2. The van der Waals surface area contributed by atoms with Crippen molar-refractivity contribution in [3.8, 4) is 5.75 Å². The number of benzene rings is 1. The Balaban J connectivity index is 2.29. The van der Waals surface area contributed by atoms with E-state index < -0.39 is 21.4 Å². The van der Waals surface area contributed by atoms with Crippen LogP contribution in [0.15, 0.2) is 23.1 Å². The van der Waals surface area contributed by atoms with Crippen LogP contribution in [0.25, 0.3) is 0 Å². The number of amides is 1. The van der Waals surface area contributed by atoms with E-state index in [1.807, 2.05) is 0 Å². The van der Waals surface area contributed by atoms with Crippen molar-refractivity contribution in [2.24, 2.45) is 5.41 Å². The Hall–Kier alpha value is -2.13. The summed E-state index contributed by atoms with van der Waals surface area (Å²) >= 11 is 0. The molecular formula is C17H24N2O6S. The van der Waals surface area contributed by atoms with Crippen molar-refractivity contribution >= 4 is 21.9 Å². The zero-order chi connectivity index (χ0) is 19.5. The first kappa shape index (κ1) is 20.2. The number of hydrogen-bond acceptors (Lipinski definition) is 5. The largest absolute Gasteiger partial charge is 0.496 e. The summed E-state index contributed by atoms with van der Waals surface area (Å²) in [7, 11) is -2.37. The van der Waals surface area contributed by atoms with E-state index in [0.29, 0.717) is 17.7 Å². The predicted octanol–water partition coefficient (Wildman–Crippen LogP) is 1.21. The van der Waals surface area contributed by atoms with Gasteiger partial charge >= 0.3 is 5.97 Å². The quantitative estimate of drug-likeness (QED) is 0.730. The highest BCUT2D eigenvalue weighted by Gasteiger charge is 2.44. The minimum absolute atomic E-state index is 0.0497. The smallest absolute Gasteiger partial charge is 0.310 e. The fraction of sp³-hybridized carbons (Fsp3) is 0.529. The van der Waals surface area contributed by atoms with Crippen LogP contribution in [-0.4, -0.2) is 49.9 Å². The highest BCUT2D eigenvalue weighted by atomic mass is 32.2. The number of hydrogen-bond donors (Lipinski definition) is 2. The molecule has 0 bridgehead atoms. The Kier molecular flexibility index (Phi) is 5.92. The van der Waals surface area contributed by atoms with Crippen molar-refractivity contribution in [2.45, 2.75) is 38.1 Å². The summed E-state index contributed by atoms with van der Waals surface area (Å²) in [5.74, 6) is -0.692. The summed E-state index contributed by atoms with van der Waals surface area (Å²) in [5.41, 5.74) is -0.548. The number of ether oxygens (including phenoxy) is 1. The summed E-state index contributed by atoms with van der Waals surface area (Å²) in [6, 6.07) is 4.42. The molecule has 0 spiro atoms. The molecule has 2 rings (SSSR count). The molecule has 1 saturated heterocycles. The van der Waals surface area contributed by atoms with Crippen LogP contribution in [0.2, 0.25) is 0 Å². The summed E-state index contributed by atoms with van der Waals surface area (Å²) in [5, 5.41) is 12.0. The first-order chi connectivity index (χ1) is 12.1. The average molecular weight is 384 g/mol. The van der Waals surface area contributed by atoms with Gasteiger partial charge in [0.2, 0.25) is 15.9 Å². The van der Waals surface area contributed by atoms with E-state index in [1.165, 1.54) is 29.6 Å². The highest BCUT2D eigenvalue weighted by molar-refractivity contribution is 7.89. The average Bonchev–Trinajstić information content (AvgIpc) is 3.03. The van der Waals surface area contributed by atoms with Gasteiger partial charge in [-0.25, -0.2) is 8.42 Å². The van der Waals surface area contributed by atoms with Crippen molar-refractivity contribution in [3.63, 3.8) is 0 Å². The van der Waals surface area contributed by atoms with Gasteiger partial charge < -0.3 is 15.2 Å². The number of carbonyl (C=O) groups excluding carboxylic acids is 1. The molecule has 1 atom stereocenters. The zero-order valence-corrected chi connectivity index (χ0v) is 15.9. The maximum absolute atomic E-state index is 12.9. The standard InChI is InChI=1S/C17H24N2O6S/c1-4-15(20)18-10-12-9-13(5-6-14(12)25-3)26(23,24)19-8-7-17(2,11-19)16(21)22/h5-6,9H,4,7-8,10-11H2,1-3H3,(H,18,20)(H,21,22). The minimum atomic E-state index is -3.83. The molecular weight excluding hydrogens is 360 g/mol. The zero-order valence-electron chi connectivity index (χ0n) is 15.1. The molecule has 0 aromatic heterocycles. The molecule has 1 heterocycles. The van der Waals surface area contributed by atoms with Gasteiger partial charge in [-0.05, 0) is 31.5 Å². The Labute approximate surface area is 153 Å². The molecule has 8 nitrogen and oxygen atoms in total. The Morgan fingerprint density at radius 3 is 2.62 bits per heavy atom. The fourth-order valence-corrected chi connectivity index (χ4v) is 4.44. The van der Waals surface area contributed by atoms with Crippen LogP contribution in [0.1, 0.15) is 32.3 Å². The summed E-state index contributed by atoms with van der Waals surface area (Å²) in [4.78, 5) is 22.9. The number of sulfonamides is 1. The van der Waals surface area contributed by atoms with Crippen LogP contribution in [0.5, 0.6) is 5.75 Å². The van der Waals surface area contributed by atoms with Crippen LogP contribution in [0.4, 0.5) is 0 Å². The number of aliphatic carboxylic acids is 1. The lowest BCUT2D eigenvalue weighted by atomic mass is 9.90. The molecule has 1 amide bonds. The third-order valence-corrected chi connectivity index (χ3v) is 6.48. The van der Waals surface area contributed by atoms with Crippen molar-refractivity contribution in [1.82, 2.24) is 9.62 Å². The SMILES string of the molecule is CCC(=O)NCc1cc(S(=O)(=O)N2CCC(C)(C(=O)O)C2)ccc1OC. The Bertz CT molecular complexity index is 807. The molecule has 9 heteroatoms. The summed E-state index contributed by atoms with van der Waals surface area (Å²) in [6.07, 6.45) is 0.582. The minimum Gasteiger partial charge on any atom is -0.496 e. The first-order valence-corrected chi connectivity index (χ1v) is 9.75. The van der Waals surface area contributed by atoms with E-state index in [4.69, 9.17) is 4.74 Å². The van der Waals surface area contributed by atoms with E-state index in [9.17, 15) is 23.1 Å². The van der Waals surface area contributed by atoms with Gasteiger partial charge in [0.05, 0.1) is 17.4 Å². The van der Waals surface area contributed by atoms with Crippen LogP contribution in [-0.2, 0) is 26.2 Å². The number of rotatable bonds is 7. The van der Waals surface area contributed by atoms with Gasteiger partial charge in [-0.15, -0.1) is 0 Å². The van der Waals surface area contributed by atoms with Gasteiger partial charge in [0, 0.05) is 31.6 Å². The van der Waals surface area contributed by atoms with Crippen LogP contribution >= 0.6 is 0 Å². The molecule has 1 aliphatic heterocycles. The van der Waals surface area contributed by atoms with Gasteiger partial charge in [-0.3, -0.25) is 9.59 Å². The highest BCUT2D eigenvalue weighted by Crippen LogP contribution is 2.34. The van der Waals surface area contributed by atoms with Gasteiger partial charge in [-0.1, -0.05) is 6.92 Å². The van der Waals surface area contributed by atoms with E-state index in [-0.39, 0.29) is 36.9 Å². The number of carboxylic acids is 1. The molecule has 1 unspecified atom stereocenters. The maximum atomic E-state index is 12.9. The van der Waals surface area contributed by atoms with Crippen molar-refractivity contribution < 1.29 is 27.9 Å². The van der Waals surface area contributed by atoms with Gasteiger partial charge in [0.1, 0.15) is 5.75 Å². The number of nitrogens with one attached hydrogen (secondary N) is 1. The van der Waals surface area contributed by atoms with Crippen LogP contribution < -0.4 is 10.1 Å². The summed E-state index contributed by atoms with van der Waals surface area (Å²) < 4.78 is 32.2. The topological polar surface area (TPSA) is 113 Å². The second-order valence-corrected chi connectivity index (χ2v) is 8.50. The fourth-order valence-electron chi connectivity index (χ4n) is 2.82. The maximum Gasteiger partial charge on any atom is 0.310 e. The summed E-state index contributed by atoms with van der Waals surface area (Å²) in [6.45, 7) is 3.49. The van der Waals surface area contributed by atoms with Gasteiger partial charge in [0.25, 0.3) is 0 Å². The molecule has 26 heavy (non-hydrogen) atoms. The molecule has 0 radical (unpaired) electrons. The lowest BCUT2D eigenvalue weighted by molar-refractivity contribution is -0.146. The van der Waals surface area contributed by atoms with E-state index in [0.717, 1.165) is 0 Å². The van der Waals surface area contributed by atoms with E-state index in [1.54, 1.807) is 13.8 Å². The monoisotopic (exact) mass is 384 g/mol.